The van der Waals surface area contributed by atoms with Crippen LogP contribution in [0.5, 0.6) is 11.5 Å². The maximum Gasteiger partial charge on any atom is 0.281 e. The van der Waals surface area contributed by atoms with Crippen LogP contribution in [0.4, 0.5) is 0 Å². The van der Waals surface area contributed by atoms with Crippen molar-refractivity contribution in [2.45, 2.75) is 12.8 Å². The van der Waals surface area contributed by atoms with E-state index in [1.54, 1.807) is 36.4 Å². The van der Waals surface area contributed by atoms with E-state index in [2.05, 4.69) is 5.43 Å². The van der Waals surface area contributed by atoms with E-state index in [0.717, 1.165) is 4.68 Å². The summed E-state index contributed by atoms with van der Waals surface area (Å²) in [5, 5.41) is 9.56. The van der Waals surface area contributed by atoms with Crippen LogP contribution in [0, 0.1) is 0 Å². The number of aromatic nitrogens is 1. The van der Waals surface area contributed by atoms with E-state index in [0.29, 0.717) is 33.5 Å². The van der Waals surface area contributed by atoms with Crippen molar-refractivity contribution in [3.05, 3.63) is 57.9 Å². The molecular formula is C22H20N2O6. The Labute approximate surface area is 171 Å². The zero-order valence-corrected chi connectivity index (χ0v) is 16.5. The molecule has 1 aromatic heterocycles. The topological polar surface area (TPSA) is 107 Å². The maximum absolute atomic E-state index is 13.5. The summed E-state index contributed by atoms with van der Waals surface area (Å²) in [6, 6.07) is 10.2. The minimum atomic E-state index is -0.540. The highest BCUT2D eigenvalue weighted by Gasteiger charge is 2.34. The first kappa shape index (κ1) is 19.7. The molecule has 0 fully saturated rings. The Kier molecular flexibility index (Phi) is 5.01. The molecule has 1 heterocycles. The molecule has 0 bridgehead atoms. The predicted molar refractivity (Wildman–Crippen MR) is 111 cm³/mol. The molecule has 2 aromatic carbocycles. The first-order chi connectivity index (χ1) is 14.5. The van der Waals surface area contributed by atoms with Crippen LogP contribution >= 0.6 is 0 Å². The Bertz CT molecular complexity index is 1240. The monoisotopic (exact) mass is 408 g/mol. The number of methoxy groups -OCH3 is 2. The molecule has 0 saturated heterocycles. The van der Waals surface area contributed by atoms with Crippen LogP contribution < -0.4 is 20.5 Å². The molecule has 154 valence electrons. The van der Waals surface area contributed by atoms with Gasteiger partial charge in [0.05, 0.1) is 30.9 Å². The number of aliphatic hydroxyl groups excluding tert-OH is 1. The van der Waals surface area contributed by atoms with Crippen molar-refractivity contribution in [2.75, 3.05) is 26.3 Å². The van der Waals surface area contributed by atoms with E-state index < -0.39 is 11.5 Å². The molecule has 0 aliphatic heterocycles. The van der Waals surface area contributed by atoms with Gasteiger partial charge in [0.2, 0.25) is 5.91 Å². The van der Waals surface area contributed by atoms with Crippen LogP contribution in [0.1, 0.15) is 28.8 Å². The van der Waals surface area contributed by atoms with Crippen LogP contribution in [0.25, 0.3) is 22.0 Å². The van der Waals surface area contributed by atoms with E-state index in [4.69, 9.17) is 14.6 Å². The lowest BCUT2D eigenvalue weighted by atomic mass is 10.0. The summed E-state index contributed by atoms with van der Waals surface area (Å²) < 4.78 is 11.8. The van der Waals surface area contributed by atoms with Gasteiger partial charge in [0, 0.05) is 29.5 Å². The third kappa shape index (κ3) is 2.84. The van der Waals surface area contributed by atoms with Crippen LogP contribution in [0.3, 0.4) is 0 Å². The number of fused-ring (bicyclic) bond motifs is 5. The van der Waals surface area contributed by atoms with Crippen LogP contribution in [-0.4, -0.2) is 42.3 Å². The largest absolute Gasteiger partial charge is 0.493 e. The van der Waals surface area contributed by atoms with E-state index in [1.165, 1.54) is 14.2 Å². The highest BCUT2D eigenvalue weighted by molar-refractivity contribution is 6.27. The van der Waals surface area contributed by atoms with Crippen molar-refractivity contribution >= 4 is 22.5 Å². The Balaban J connectivity index is 2.09. The summed E-state index contributed by atoms with van der Waals surface area (Å²) in [7, 11) is 2.86. The Hall–Kier alpha value is -3.65. The number of nitrogens with zero attached hydrogens (tertiary/aromatic N) is 1. The SMILES string of the molecule is COc1ccc2c3c(n(NC(=O)CCCO)c(=O)c2c1OC)-c1ccccc1C3=O. The second kappa shape index (κ2) is 7.64. The molecule has 30 heavy (non-hydrogen) atoms. The van der Waals surface area contributed by atoms with Gasteiger partial charge >= 0.3 is 0 Å². The zero-order chi connectivity index (χ0) is 21.4. The first-order valence-electron chi connectivity index (χ1n) is 9.42. The normalized spacial score (nSPS) is 11.9. The lowest BCUT2D eigenvalue weighted by Crippen LogP contribution is -2.35. The molecule has 0 unspecified atom stereocenters. The minimum Gasteiger partial charge on any atom is -0.493 e. The molecule has 3 aromatic rings. The molecular weight excluding hydrogens is 388 g/mol. The molecule has 0 radical (unpaired) electrons. The number of pyridine rings is 1. The van der Waals surface area contributed by atoms with Gasteiger partial charge in [-0.1, -0.05) is 24.3 Å². The fourth-order valence-electron chi connectivity index (χ4n) is 3.83. The van der Waals surface area contributed by atoms with Crippen LogP contribution in [-0.2, 0) is 4.79 Å². The van der Waals surface area contributed by atoms with Crippen molar-refractivity contribution in [1.29, 1.82) is 0 Å². The van der Waals surface area contributed by atoms with Gasteiger partial charge in [-0.25, -0.2) is 4.68 Å². The summed E-state index contributed by atoms with van der Waals surface area (Å²) in [5.74, 6) is -0.171. The molecule has 8 heteroatoms. The molecule has 1 aliphatic carbocycles. The van der Waals surface area contributed by atoms with Crippen LogP contribution in [0.15, 0.2) is 41.2 Å². The Morgan fingerprint density at radius 3 is 2.47 bits per heavy atom. The third-order valence-corrected chi connectivity index (χ3v) is 5.14. The van der Waals surface area contributed by atoms with Crippen molar-refractivity contribution in [2.24, 2.45) is 0 Å². The number of nitrogens with one attached hydrogen (secondary N) is 1. The number of rotatable bonds is 6. The standard InChI is InChI=1S/C22H20N2O6/c1-29-15-10-9-14-17-19(12-6-3-4-7-13(12)20(17)27)24(23-16(26)8-5-11-25)22(28)18(14)21(15)30-2/h3-4,6-7,9-10,25H,5,8,11H2,1-2H3,(H,23,26). The average molecular weight is 408 g/mol. The number of amides is 1. The van der Waals surface area contributed by atoms with Crippen molar-refractivity contribution in [1.82, 2.24) is 4.68 Å². The van der Waals surface area contributed by atoms with Crippen LogP contribution in [0.2, 0.25) is 0 Å². The van der Waals surface area contributed by atoms with Gasteiger partial charge in [-0.2, -0.15) is 0 Å². The number of ether oxygens (including phenoxy) is 2. The maximum atomic E-state index is 13.5. The van der Waals surface area contributed by atoms with Crippen molar-refractivity contribution in [3.63, 3.8) is 0 Å². The molecule has 2 N–H and O–H groups in total. The summed E-state index contributed by atoms with van der Waals surface area (Å²) in [6.07, 6.45) is 0.281. The number of hydrogen-bond donors (Lipinski definition) is 2. The van der Waals surface area contributed by atoms with Gasteiger partial charge in [0.15, 0.2) is 17.3 Å². The lowest BCUT2D eigenvalue weighted by molar-refractivity contribution is -0.117. The number of carbonyl (C=O) groups is 2. The fraction of sp³-hybridized carbons (Fsp3) is 0.227. The van der Waals surface area contributed by atoms with E-state index in [9.17, 15) is 14.4 Å². The number of benzene rings is 2. The van der Waals surface area contributed by atoms with E-state index in [-0.39, 0.29) is 36.4 Å². The summed E-state index contributed by atoms with van der Waals surface area (Å²) in [6.45, 7) is -0.148. The fourth-order valence-corrected chi connectivity index (χ4v) is 3.83. The summed E-state index contributed by atoms with van der Waals surface area (Å²) in [4.78, 5) is 39.2. The second-order valence-corrected chi connectivity index (χ2v) is 6.82. The number of hydrogen-bond acceptors (Lipinski definition) is 6. The Morgan fingerprint density at radius 2 is 1.80 bits per heavy atom. The van der Waals surface area contributed by atoms with Gasteiger partial charge in [0.25, 0.3) is 5.56 Å². The summed E-state index contributed by atoms with van der Waals surface area (Å²) >= 11 is 0. The van der Waals surface area contributed by atoms with E-state index in [1.807, 2.05) is 0 Å². The van der Waals surface area contributed by atoms with Gasteiger partial charge < -0.3 is 14.6 Å². The van der Waals surface area contributed by atoms with Gasteiger partial charge in [-0.3, -0.25) is 19.8 Å². The molecule has 8 nitrogen and oxygen atoms in total. The first-order valence-corrected chi connectivity index (χ1v) is 9.42. The summed E-state index contributed by atoms with van der Waals surface area (Å²) in [5.41, 5.74) is 3.71. The minimum absolute atomic E-state index is 0.0284. The van der Waals surface area contributed by atoms with E-state index >= 15 is 0 Å². The number of carbonyl (C=O) groups excluding carboxylic acids is 2. The molecule has 1 aliphatic rings. The molecule has 0 spiro atoms. The number of ketones is 1. The smallest absolute Gasteiger partial charge is 0.281 e. The molecule has 4 rings (SSSR count). The van der Waals surface area contributed by atoms with Gasteiger partial charge in [0.1, 0.15) is 0 Å². The average Bonchev–Trinajstić information content (AvgIpc) is 3.06. The Morgan fingerprint density at radius 1 is 1.07 bits per heavy atom. The lowest BCUT2D eigenvalue weighted by Gasteiger charge is -2.18. The highest BCUT2D eigenvalue weighted by atomic mass is 16.5. The number of aliphatic hydroxyl groups is 1. The third-order valence-electron chi connectivity index (χ3n) is 5.14. The highest BCUT2D eigenvalue weighted by Crippen LogP contribution is 2.42. The zero-order valence-electron chi connectivity index (χ0n) is 16.5. The predicted octanol–water partition coefficient (Wildman–Crippen LogP) is 2.07. The van der Waals surface area contributed by atoms with Crippen molar-refractivity contribution < 1.29 is 24.2 Å². The van der Waals surface area contributed by atoms with Crippen molar-refractivity contribution in [3.8, 4) is 22.8 Å². The molecule has 0 atom stereocenters. The molecule has 0 saturated carbocycles. The molecule has 1 amide bonds. The second-order valence-electron chi connectivity index (χ2n) is 6.82. The quantitative estimate of drug-likeness (QED) is 0.506. The van der Waals surface area contributed by atoms with Gasteiger partial charge in [-0.05, 0) is 18.6 Å². The van der Waals surface area contributed by atoms with Gasteiger partial charge in [-0.15, -0.1) is 0 Å².